The number of rotatable bonds is 6. The first kappa shape index (κ1) is 12.9. The Balaban J connectivity index is 1.98. The number of hydrogen-bond donors (Lipinski definition) is 1. The quantitative estimate of drug-likeness (QED) is 0.839. The van der Waals surface area contributed by atoms with Crippen molar-refractivity contribution in [1.82, 2.24) is 10.2 Å². The Hall–Kier alpha value is -2.57. The lowest BCUT2D eigenvalue weighted by Crippen LogP contribution is -1.99. The van der Waals surface area contributed by atoms with E-state index in [1.54, 1.807) is 19.2 Å². The average molecular weight is 264 g/mol. The molecule has 7 nitrogen and oxygen atoms in total. The normalized spacial score (nSPS) is 10.2. The first-order valence-electron chi connectivity index (χ1n) is 5.48. The summed E-state index contributed by atoms with van der Waals surface area (Å²) in [5, 5.41) is 15.9. The molecule has 0 fully saturated rings. The summed E-state index contributed by atoms with van der Waals surface area (Å²) in [6.07, 6.45) is -0.304. The highest BCUT2D eigenvalue weighted by Gasteiger charge is 2.11. The van der Waals surface area contributed by atoms with Crippen molar-refractivity contribution in [1.29, 1.82) is 0 Å². The molecule has 0 aliphatic rings. The number of carboxylic acid groups (broad SMARTS) is 1. The van der Waals surface area contributed by atoms with Gasteiger partial charge < -0.3 is 19.0 Å². The first-order chi connectivity index (χ1) is 9.19. The largest absolute Gasteiger partial charge is 0.493 e. The van der Waals surface area contributed by atoms with Gasteiger partial charge in [0.05, 0.1) is 7.11 Å². The molecule has 0 bridgehead atoms. The highest BCUT2D eigenvalue weighted by Crippen LogP contribution is 2.26. The topological polar surface area (TPSA) is 94.7 Å². The van der Waals surface area contributed by atoms with Crippen molar-refractivity contribution in [3.05, 3.63) is 36.0 Å². The molecule has 0 amide bonds. The molecule has 19 heavy (non-hydrogen) atoms. The van der Waals surface area contributed by atoms with E-state index < -0.39 is 5.97 Å². The Morgan fingerprint density at radius 3 is 2.63 bits per heavy atom. The summed E-state index contributed by atoms with van der Waals surface area (Å²) in [4.78, 5) is 10.5. The molecule has 1 aromatic heterocycles. The number of aliphatic carboxylic acids is 1. The van der Waals surface area contributed by atoms with Gasteiger partial charge in [0.1, 0.15) is 6.42 Å². The van der Waals surface area contributed by atoms with E-state index in [2.05, 4.69) is 10.2 Å². The van der Waals surface area contributed by atoms with Gasteiger partial charge in [0.15, 0.2) is 18.1 Å². The fraction of sp³-hybridized carbons (Fsp3) is 0.250. The van der Waals surface area contributed by atoms with Crippen LogP contribution in [0.3, 0.4) is 0 Å². The molecular weight excluding hydrogens is 252 g/mol. The summed E-state index contributed by atoms with van der Waals surface area (Å²) in [6, 6.07) is 7.14. The summed E-state index contributed by atoms with van der Waals surface area (Å²) >= 11 is 0. The number of hydrogen-bond acceptors (Lipinski definition) is 6. The monoisotopic (exact) mass is 264 g/mol. The van der Waals surface area contributed by atoms with Crippen LogP contribution in [0, 0.1) is 0 Å². The molecule has 0 atom stereocenters. The maximum atomic E-state index is 10.5. The molecule has 0 saturated heterocycles. The molecule has 1 N–H and O–H groups in total. The summed E-state index contributed by atoms with van der Waals surface area (Å²) in [6.45, 7) is 0.0486. The van der Waals surface area contributed by atoms with E-state index in [1.807, 2.05) is 12.1 Å². The SMILES string of the molecule is COc1ccccc1OCc1nnc(CC(=O)O)o1. The predicted molar refractivity (Wildman–Crippen MR) is 63.0 cm³/mol. The second-order valence-electron chi connectivity index (χ2n) is 3.60. The predicted octanol–water partition coefficient (Wildman–Crippen LogP) is 1.28. The molecule has 2 aromatic rings. The number of aromatic nitrogens is 2. The van der Waals surface area contributed by atoms with E-state index in [1.165, 1.54) is 0 Å². The van der Waals surface area contributed by atoms with Crippen LogP contribution in [0.4, 0.5) is 0 Å². The van der Waals surface area contributed by atoms with Gasteiger partial charge in [-0.3, -0.25) is 4.79 Å². The number of carbonyl (C=O) groups is 1. The highest BCUT2D eigenvalue weighted by atomic mass is 16.5. The number of nitrogens with zero attached hydrogens (tertiary/aromatic N) is 2. The molecule has 100 valence electrons. The smallest absolute Gasteiger partial charge is 0.312 e. The van der Waals surface area contributed by atoms with Gasteiger partial charge >= 0.3 is 5.97 Å². The first-order valence-corrected chi connectivity index (χ1v) is 5.48. The third-order valence-corrected chi connectivity index (χ3v) is 2.23. The minimum atomic E-state index is -1.03. The number of benzene rings is 1. The van der Waals surface area contributed by atoms with Crippen LogP contribution in [0.15, 0.2) is 28.7 Å². The Morgan fingerprint density at radius 2 is 1.95 bits per heavy atom. The van der Waals surface area contributed by atoms with Crippen LogP contribution < -0.4 is 9.47 Å². The van der Waals surface area contributed by atoms with Crippen LogP contribution in [-0.2, 0) is 17.8 Å². The summed E-state index contributed by atoms with van der Waals surface area (Å²) < 4.78 is 15.7. The van der Waals surface area contributed by atoms with Crippen molar-refractivity contribution < 1.29 is 23.8 Å². The van der Waals surface area contributed by atoms with E-state index in [-0.39, 0.29) is 24.8 Å². The zero-order valence-electron chi connectivity index (χ0n) is 10.2. The van der Waals surface area contributed by atoms with Crippen LogP contribution in [0.25, 0.3) is 0 Å². The lowest BCUT2D eigenvalue weighted by molar-refractivity contribution is -0.136. The van der Waals surface area contributed by atoms with E-state index in [0.717, 1.165) is 0 Å². The lowest BCUT2D eigenvalue weighted by atomic mass is 10.3. The van der Waals surface area contributed by atoms with Gasteiger partial charge in [-0.1, -0.05) is 12.1 Å². The molecule has 0 spiro atoms. The van der Waals surface area contributed by atoms with Crippen LogP contribution in [0.5, 0.6) is 11.5 Å². The number of ether oxygens (including phenoxy) is 2. The number of para-hydroxylation sites is 2. The van der Waals surface area contributed by atoms with Crippen LogP contribution in [-0.4, -0.2) is 28.4 Å². The Labute approximate surface area is 108 Å². The van der Waals surface area contributed by atoms with E-state index in [9.17, 15) is 4.79 Å². The third-order valence-electron chi connectivity index (χ3n) is 2.23. The minimum absolute atomic E-state index is 0.0473. The fourth-order valence-electron chi connectivity index (χ4n) is 1.43. The van der Waals surface area contributed by atoms with Crippen LogP contribution in [0.1, 0.15) is 11.8 Å². The Morgan fingerprint density at radius 1 is 1.26 bits per heavy atom. The molecule has 0 unspecified atom stereocenters. The van der Waals surface area contributed by atoms with E-state index in [4.69, 9.17) is 19.0 Å². The summed E-state index contributed by atoms with van der Waals surface area (Å²) in [5.41, 5.74) is 0. The van der Waals surface area contributed by atoms with Gasteiger partial charge in [-0.2, -0.15) is 0 Å². The van der Waals surface area contributed by atoms with Gasteiger partial charge in [-0.15, -0.1) is 10.2 Å². The van der Waals surface area contributed by atoms with Crippen molar-refractivity contribution in [2.75, 3.05) is 7.11 Å². The zero-order chi connectivity index (χ0) is 13.7. The molecule has 0 radical (unpaired) electrons. The van der Waals surface area contributed by atoms with Crippen molar-refractivity contribution in [3.63, 3.8) is 0 Å². The van der Waals surface area contributed by atoms with Gasteiger partial charge in [0, 0.05) is 0 Å². The van der Waals surface area contributed by atoms with Crippen LogP contribution in [0.2, 0.25) is 0 Å². The molecule has 2 rings (SSSR count). The molecule has 0 aliphatic heterocycles. The summed E-state index contributed by atoms with van der Waals surface area (Å²) in [7, 11) is 1.54. The minimum Gasteiger partial charge on any atom is -0.493 e. The van der Waals surface area contributed by atoms with Crippen molar-refractivity contribution in [2.45, 2.75) is 13.0 Å². The van der Waals surface area contributed by atoms with Crippen molar-refractivity contribution in [3.8, 4) is 11.5 Å². The van der Waals surface area contributed by atoms with Gasteiger partial charge in [-0.25, -0.2) is 0 Å². The zero-order valence-corrected chi connectivity index (χ0v) is 10.2. The molecule has 1 aromatic carbocycles. The lowest BCUT2D eigenvalue weighted by Gasteiger charge is -2.07. The van der Waals surface area contributed by atoms with E-state index in [0.29, 0.717) is 11.5 Å². The Kier molecular flexibility index (Phi) is 3.97. The fourth-order valence-corrected chi connectivity index (χ4v) is 1.43. The number of methoxy groups -OCH3 is 1. The number of carboxylic acids is 1. The van der Waals surface area contributed by atoms with Crippen molar-refractivity contribution in [2.24, 2.45) is 0 Å². The second kappa shape index (κ2) is 5.85. The third kappa shape index (κ3) is 3.44. The molecule has 0 saturated carbocycles. The van der Waals surface area contributed by atoms with E-state index >= 15 is 0 Å². The molecular formula is C12H12N2O5. The molecule has 0 aliphatic carbocycles. The maximum Gasteiger partial charge on any atom is 0.312 e. The second-order valence-corrected chi connectivity index (χ2v) is 3.60. The summed E-state index contributed by atoms with van der Waals surface area (Å²) in [5.74, 6) is 0.366. The van der Waals surface area contributed by atoms with Crippen LogP contribution >= 0.6 is 0 Å². The van der Waals surface area contributed by atoms with Crippen molar-refractivity contribution >= 4 is 5.97 Å². The maximum absolute atomic E-state index is 10.5. The van der Waals surface area contributed by atoms with Gasteiger partial charge in [0.25, 0.3) is 5.89 Å². The standard InChI is InChI=1S/C12H12N2O5/c1-17-8-4-2-3-5-9(8)18-7-11-14-13-10(19-11)6-12(15)16/h2-5H,6-7H2,1H3,(H,15,16). The molecule has 1 heterocycles. The Bertz CT molecular complexity index is 567. The molecule has 7 heteroatoms. The van der Waals surface area contributed by atoms with Gasteiger partial charge in [-0.05, 0) is 12.1 Å². The van der Waals surface area contributed by atoms with Gasteiger partial charge in [0.2, 0.25) is 5.89 Å². The average Bonchev–Trinajstić information content (AvgIpc) is 2.83. The highest BCUT2D eigenvalue weighted by molar-refractivity contribution is 5.68.